The molecule has 0 aliphatic carbocycles. The molecule has 0 rings (SSSR count). The van der Waals surface area contributed by atoms with E-state index in [2.05, 4.69) is 53.1 Å². The van der Waals surface area contributed by atoms with Gasteiger partial charge in [-0.1, -0.05) is 26.7 Å². The van der Waals surface area contributed by atoms with Crippen LogP contribution in [0.15, 0.2) is 0 Å². The Kier molecular flexibility index (Phi) is 21.8. The monoisotopic (exact) mass is 410 g/mol. The van der Waals surface area contributed by atoms with Crippen LogP contribution in [0.3, 0.4) is 0 Å². The molecule has 0 aliphatic rings. The Bertz CT molecular complexity index is 342. The molecule has 0 aliphatic heterocycles. The first-order valence-corrected chi connectivity index (χ1v) is 12.0. The predicted octanol–water partition coefficient (Wildman–Crippen LogP) is 1.47. The summed E-state index contributed by atoms with van der Waals surface area (Å²) >= 11 is 17.3. The molecule has 0 bridgehead atoms. The Labute approximate surface area is 166 Å². The van der Waals surface area contributed by atoms with Crippen molar-refractivity contribution in [3.8, 4) is 0 Å². The van der Waals surface area contributed by atoms with Gasteiger partial charge in [-0.05, 0) is 73.0 Å². The normalized spacial score (nSPS) is 11.2. The number of unbranched alkanes of at least 4 members (excludes halogenated alkanes) is 2. The molecule has 0 fully saturated rings. The summed E-state index contributed by atoms with van der Waals surface area (Å²) in [4.78, 5) is 0. The van der Waals surface area contributed by atoms with E-state index in [9.17, 15) is 9.11 Å². The summed E-state index contributed by atoms with van der Waals surface area (Å²) in [6, 6.07) is 0. The molecule has 0 radical (unpaired) electrons. The Hall–Kier alpha value is 2.68. The summed E-state index contributed by atoms with van der Waals surface area (Å²) in [6.45, 7) is 4.86. The molecule has 0 N–H and O–H groups in total. The first kappa shape index (κ1) is 26.6. The van der Waals surface area contributed by atoms with Gasteiger partial charge in [0.05, 0.1) is 13.2 Å². The first-order chi connectivity index (χ1) is 8.12. The molecule has 0 spiro atoms. The summed E-state index contributed by atoms with van der Waals surface area (Å²) < 4.78 is 30.2. The van der Waals surface area contributed by atoms with E-state index in [1.165, 1.54) is 0 Å². The van der Waals surface area contributed by atoms with Gasteiger partial charge in [0, 0.05) is 0 Å². The molecule has 0 atom stereocenters. The second kappa shape index (κ2) is 15.6. The molecule has 4 nitrogen and oxygen atoms in total. The molecule has 0 aromatic rings. The fraction of sp³-hybridized carbons (Fsp3) is 1.00. The van der Waals surface area contributed by atoms with Crippen molar-refractivity contribution >= 4 is 97.9 Å². The average Bonchev–Trinajstić information content (AvgIpc) is 2.16. The largest absolute Gasteiger partial charge is 2.00 e. The third-order valence-electron chi connectivity index (χ3n) is 1.45. The fourth-order valence-corrected chi connectivity index (χ4v) is 2.07. The van der Waals surface area contributed by atoms with E-state index < -0.39 is 15.4 Å². The summed E-state index contributed by atoms with van der Waals surface area (Å²) in [5, 5.41) is 0. The molecule has 11 heteroatoms. The second-order valence-electron chi connectivity index (χ2n) is 3.17. The molecule has 0 aromatic carbocycles. The van der Waals surface area contributed by atoms with Crippen molar-refractivity contribution in [3.63, 3.8) is 0 Å². The van der Waals surface area contributed by atoms with Crippen LogP contribution in [0.25, 0.3) is 0 Å². The second-order valence-corrected chi connectivity index (χ2v) is 11.8. The maximum atomic E-state index is 10.5. The Morgan fingerprint density at radius 2 is 1.05 bits per heavy atom. The smallest absolute Gasteiger partial charge is 0.770 e. The molecule has 19 heavy (non-hydrogen) atoms. The SMILES string of the molecule is CCCCOS([O-])(=S)=S.CCCCOS([O-])(=S)=S.[Ca+2]. The van der Waals surface area contributed by atoms with E-state index in [0.29, 0.717) is 13.2 Å². The van der Waals surface area contributed by atoms with Crippen LogP contribution in [0.2, 0.25) is 0 Å². The molecule has 112 valence electrons. The van der Waals surface area contributed by atoms with E-state index in [1.807, 2.05) is 13.8 Å². The first-order valence-electron chi connectivity index (χ1n) is 5.32. The van der Waals surface area contributed by atoms with Gasteiger partial charge in [0.25, 0.3) is 0 Å². The summed E-state index contributed by atoms with van der Waals surface area (Å²) in [6.07, 6.45) is 3.73. The van der Waals surface area contributed by atoms with Gasteiger partial charge in [-0.2, -0.15) is 0 Å². The van der Waals surface area contributed by atoms with E-state index in [1.54, 1.807) is 0 Å². The Morgan fingerprint density at radius 3 is 1.21 bits per heavy atom. The Morgan fingerprint density at radius 1 is 0.789 bits per heavy atom. The van der Waals surface area contributed by atoms with Crippen LogP contribution in [-0.4, -0.2) is 60.1 Å². The van der Waals surface area contributed by atoms with E-state index in [4.69, 9.17) is 0 Å². The van der Waals surface area contributed by atoms with Gasteiger partial charge in [0.1, 0.15) is 0 Å². The maximum absolute atomic E-state index is 10.5. The van der Waals surface area contributed by atoms with Crippen LogP contribution in [-0.2, 0) is 68.5 Å². The maximum Gasteiger partial charge on any atom is 2.00 e. The molecule has 0 saturated heterocycles. The molecule has 0 saturated carbocycles. The van der Waals surface area contributed by atoms with Gasteiger partial charge >= 0.3 is 37.7 Å². The van der Waals surface area contributed by atoms with Crippen LogP contribution in [0, 0.1) is 0 Å². The van der Waals surface area contributed by atoms with Crippen molar-refractivity contribution in [1.82, 2.24) is 0 Å². The quantitative estimate of drug-likeness (QED) is 0.440. The number of hydrogen-bond donors (Lipinski definition) is 0. The van der Waals surface area contributed by atoms with Crippen LogP contribution in [0.1, 0.15) is 39.5 Å². The van der Waals surface area contributed by atoms with E-state index in [-0.39, 0.29) is 37.7 Å². The molecule has 0 heterocycles. The third kappa shape index (κ3) is 33.5. The topological polar surface area (TPSA) is 64.6 Å². The van der Waals surface area contributed by atoms with Crippen molar-refractivity contribution in [2.24, 2.45) is 0 Å². The minimum absolute atomic E-state index is 0. The molecular weight excluding hydrogens is 393 g/mol. The van der Waals surface area contributed by atoms with Crippen LogP contribution in [0.5, 0.6) is 0 Å². The minimum atomic E-state index is -2.78. The standard InChI is InChI=1S/2C4H10O2S3.Ca/c2*1-2-3-4-6-9(5,7)8;/h2*2-4H2,1H3,(H,5,7,8);/q;;+2/p-2. The molecule has 0 amide bonds. The van der Waals surface area contributed by atoms with Crippen molar-refractivity contribution < 1.29 is 17.5 Å². The molecule has 0 aromatic heterocycles. The van der Waals surface area contributed by atoms with Crippen LogP contribution >= 0.6 is 0 Å². The summed E-state index contributed by atoms with van der Waals surface area (Å²) in [5.41, 5.74) is 0. The van der Waals surface area contributed by atoms with Gasteiger partial charge < -0.3 is 17.5 Å². The van der Waals surface area contributed by atoms with Crippen molar-refractivity contribution in [2.75, 3.05) is 13.2 Å². The van der Waals surface area contributed by atoms with Crippen molar-refractivity contribution in [1.29, 1.82) is 0 Å². The number of hydrogen-bond acceptors (Lipinski definition) is 8. The zero-order valence-corrected chi connectivity index (χ0v) is 18.1. The Balaban J connectivity index is -0.000000256. The minimum Gasteiger partial charge on any atom is -0.770 e. The van der Waals surface area contributed by atoms with Crippen LogP contribution in [0.4, 0.5) is 0 Å². The van der Waals surface area contributed by atoms with Crippen LogP contribution < -0.4 is 0 Å². The fourth-order valence-electron chi connectivity index (χ4n) is 0.611. The average molecular weight is 411 g/mol. The summed E-state index contributed by atoms with van der Waals surface area (Å²) in [5.74, 6) is 0. The van der Waals surface area contributed by atoms with E-state index in [0.717, 1.165) is 25.7 Å². The van der Waals surface area contributed by atoms with Gasteiger partial charge in [0.2, 0.25) is 0 Å². The third-order valence-corrected chi connectivity index (χ3v) is 3.52. The van der Waals surface area contributed by atoms with Gasteiger partial charge in [-0.15, -0.1) is 0 Å². The summed E-state index contributed by atoms with van der Waals surface area (Å²) in [7, 11) is -5.56. The van der Waals surface area contributed by atoms with Gasteiger partial charge in [0.15, 0.2) is 0 Å². The zero-order valence-electron chi connectivity index (χ0n) is 11.0. The van der Waals surface area contributed by atoms with Gasteiger partial charge in [-0.3, -0.25) is 0 Å². The number of rotatable bonds is 8. The van der Waals surface area contributed by atoms with Crippen molar-refractivity contribution in [2.45, 2.75) is 39.5 Å². The van der Waals surface area contributed by atoms with Crippen molar-refractivity contribution in [3.05, 3.63) is 0 Å². The molecule has 0 unspecified atom stereocenters. The van der Waals surface area contributed by atoms with E-state index >= 15 is 0 Å². The predicted molar refractivity (Wildman–Crippen MR) is 93.2 cm³/mol. The molecular formula is C8H18CaO4S6. The zero-order chi connectivity index (χ0) is 14.7. The van der Waals surface area contributed by atoms with Gasteiger partial charge in [-0.25, -0.2) is 0 Å².